The summed E-state index contributed by atoms with van der Waals surface area (Å²) in [6, 6.07) is 8.04. The standard InChI is InChI=1S/C17H17BrN6O/c1-23-17-14(15(18)22-23)16(20-10-21-17)19-9-11-4-2-5-12(8-11)24-7-3-6-13(24)25/h2,4-5,8,10H,3,6-7,9H2,1H3,(H,19,20,21). The minimum atomic E-state index is 0.196. The minimum absolute atomic E-state index is 0.196. The molecule has 0 unspecified atom stereocenters. The Morgan fingerprint density at radius 3 is 3.00 bits per heavy atom. The maximum atomic E-state index is 11.9. The maximum Gasteiger partial charge on any atom is 0.227 e. The van der Waals surface area contributed by atoms with Crippen LogP contribution in [0.3, 0.4) is 0 Å². The average Bonchev–Trinajstić information content (AvgIpc) is 3.17. The lowest BCUT2D eigenvalue weighted by molar-refractivity contribution is -0.117. The first-order chi connectivity index (χ1) is 12.1. The summed E-state index contributed by atoms with van der Waals surface area (Å²) in [6.07, 6.45) is 3.09. The number of anilines is 2. The molecule has 2 aromatic heterocycles. The number of aromatic nitrogens is 4. The molecule has 8 heteroatoms. The van der Waals surface area contributed by atoms with Gasteiger partial charge in [0.25, 0.3) is 0 Å². The van der Waals surface area contributed by atoms with Crippen molar-refractivity contribution in [3.8, 4) is 0 Å². The fraction of sp³-hybridized carbons (Fsp3) is 0.294. The van der Waals surface area contributed by atoms with E-state index < -0.39 is 0 Å². The lowest BCUT2D eigenvalue weighted by atomic mass is 10.2. The number of benzene rings is 1. The van der Waals surface area contributed by atoms with Gasteiger partial charge in [-0.25, -0.2) is 14.6 Å². The maximum absolute atomic E-state index is 11.9. The van der Waals surface area contributed by atoms with Crippen LogP contribution in [0.2, 0.25) is 0 Å². The van der Waals surface area contributed by atoms with E-state index >= 15 is 0 Å². The third-order valence-corrected chi connectivity index (χ3v) is 4.89. The topological polar surface area (TPSA) is 75.9 Å². The minimum Gasteiger partial charge on any atom is -0.365 e. The largest absolute Gasteiger partial charge is 0.365 e. The second kappa shape index (κ2) is 6.44. The van der Waals surface area contributed by atoms with E-state index in [0.29, 0.717) is 17.6 Å². The zero-order chi connectivity index (χ0) is 17.4. The van der Waals surface area contributed by atoms with Gasteiger partial charge >= 0.3 is 0 Å². The van der Waals surface area contributed by atoms with E-state index in [1.54, 1.807) is 4.68 Å². The molecule has 1 aliphatic heterocycles. The molecule has 3 heterocycles. The first-order valence-corrected chi connectivity index (χ1v) is 8.89. The SMILES string of the molecule is Cn1nc(Br)c2c(NCc3cccc(N4CCCC4=O)c3)ncnc21. The van der Waals surface area contributed by atoms with Crippen molar-refractivity contribution < 1.29 is 4.79 Å². The zero-order valence-electron chi connectivity index (χ0n) is 13.7. The number of hydrogen-bond donors (Lipinski definition) is 1. The summed E-state index contributed by atoms with van der Waals surface area (Å²) in [7, 11) is 1.85. The van der Waals surface area contributed by atoms with Crippen molar-refractivity contribution in [3.63, 3.8) is 0 Å². The van der Waals surface area contributed by atoms with Gasteiger partial charge in [-0.2, -0.15) is 5.10 Å². The summed E-state index contributed by atoms with van der Waals surface area (Å²) >= 11 is 3.46. The van der Waals surface area contributed by atoms with E-state index in [1.165, 1.54) is 6.33 Å². The Labute approximate surface area is 153 Å². The molecule has 7 nitrogen and oxygen atoms in total. The number of rotatable bonds is 4. The molecule has 128 valence electrons. The lowest BCUT2D eigenvalue weighted by Gasteiger charge is -2.16. The molecule has 0 saturated carbocycles. The highest BCUT2D eigenvalue weighted by atomic mass is 79.9. The molecule has 1 N–H and O–H groups in total. The van der Waals surface area contributed by atoms with Gasteiger partial charge in [0.05, 0.1) is 5.39 Å². The second-order valence-electron chi connectivity index (χ2n) is 6.01. The highest BCUT2D eigenvalue weighted by molar-refractivity contribution is 9.10. The number of carbonyl (C=O) groups excluding carboxylic acids is 1. The monoisotopic (exact) mass is 400 g/mol. The first kappa shape index (κ1) is 16.0. The summed E-state index contributed by atoms with van der Waals surface area (Å²) < 4.78 is 2.43. The van der Waals surface area contributed by atoms with Crippen LogP contribution in [0, 0.1) is 0 Å². The average molecular weight is 401 g/mol. The Hall–Kier alpha value is -2.48. The number of aryl methyl sites for hydroxylation is 1. The number of amides is 1. The predicted octanol–water partition coefficient (Wildman–Crippen LogP) is 2.86. The van der Waals surface area contributed by atoms with Crippen molar-refractivity contribution in [1.29, 1.82) is 0 Å². The molecule has 3 aromatic rings. The van der Waals surface area contributed by atoms with Crippen molar-refractivity contribution in [2.75, 3.05) is 16.8 Å². The number of halogens is 1. The molecule has 0 bridgehead atoms. The molecule has 1 aliphatic rings. The van der Waals surface area contributed by atoms with Gasteiger partial charge in [0.2, 0.25) is 5.91 Å². The van der Waals surface area contributed by atoms with Crippen LogP contribution in [0.15, 0.2) is 35.2 Å². The van der Waals surface area contributed by atoms with E-state index in [9.17, 15) is 4.79 Å². The van der Waals surface area contributed by atoms with Gasteiger partial charge in [-0.1, -0.05) is 12.1 Å². The predicted molar refractivity (Wildman–Crippen MR) is 99.4 cm³/mol. The highest BCUT2D eigenvalue weighted by Gasteiger charge is 2.21. The number of nitrogens with one attached hydrogen (secondary N) is 1. The summed E-state index contributed by atoms with van der Waals surface area (Å²) in [5.41, 5.74) is 2.81. The molecule has 1 amide bonds. The molecule has 1 aromatic carbocycles. The van der Waals surface area contributed by atoms with Crippen LogP contribution in [0.25, 0.3) is 11.0 Å². The van der Waals surface area contributed by atoms with Gasteiger partial charge in [0.15, 0.2) is 5.65 Å². The fourth-order valence-electron chi connectivity index (χ4n) is 3.12. The molecule has 0 radical (unpaired) electrons. The summed E-state index contributed by atoms with van der Waals surface area (Å²) in [6.45, 7) is 1.40. The summed E-state index contributed by atoms with van der Waals surface area (Å²) in [5, 5.41) is 8.53. The Morgan fingerprint density at radius 2 is 2.20 bits per heavy atom. The summed E-state index contributed by atoms with van der Waals surface area (Å²) in [4.78, 5) is 22.4. The number of nitrogens with zero attached hydrogens (tertiary/aromatic N) is 5. The van der Waals surface area contributed by atoms with E-state index in [-0.39, 0.29) is 5.91 Å². The van der Waals surface area contributed by atoms with Gasteiger partial charge in [-0.3, -0.25) is 4.79 Å². The van der Waals surface area contributed by atoms with Crippen LogP contribution in [0.5, 0.6) is 0 Å². The van der Waals surface area contributed by atoms with Gasteiger partial charge in [0, 0.05) is 32.2 Å². The lowest BCUT2D eigenvalue weighted by Crippen LogP contribution is -2.23. The van der Waals surface area contributed by atoms with Crippen LogP contribution in [-0.4, -0.2) is 32.2 Å². The van der Waals surface area contributed by atoms with Crippen molar-refractivity contribution in [1.82, 2.24) is 19.7 Å². The third kappa shape index (κ3) is 2.97. The van der Waals surface area contributed by atoms with Crippen LogP contribution in [0.4, 0.5) is 11.5 Å². The van der Waals surface area contributed by atoms with E-state index in [2.05, 4.69) is 36.3 Å². The Morgan fingerprint density at radius 1 is 1.32 bits per heavy atom. The normalized spacial score (nSPS) is 14.5. The van der Waals surface area contributed by atoms with Crippen LogP contribution in [-0.2, 0) is 18.4 Å². The van der Waals surface area contributed by atoms with Crippen molar-refractivity contribution in [2.24, 2.45) is 7.05 Å². The van der Waals surface area contributed by atoms with Gasteiger partial charge in [0.1, 0.15) is 16.7 Å². The first-order valence-electron chi connectivity index (χ1n) is 8.10. The van der Waals surface area contributed by atoms with Gasteiger partial charge < -0.3 is 10.2 Å². The highest BCUT2D eigenvalue weighted by Crippen LogP contribution is 2.27. The third-order valence-electron chi connectivity index (χ3n) is 4.33. The van der Waals surface area contributed by atoms with E-state index in [4.69, 9.17) is 0 Å². The summed E-state index contributed by atoms with van der Waals surface area (Å²) in [5.74, 6) is 0.925. The smallest absolute Gasteiger partial charge is 0.227 e. The molecule has 0 atom stereocenters. The Balaban J connectivity index is 1.57. The number of fused-ring (bicyclic) bond motifs is 1. The van der Waals surface area contributed by atoms with E-state index in [0.717, 1.165) is 41.1 Å². The molecular weight excluding hydrogens is 384 g/mol. The fourth-order valence-corrected chi connectivity index (χ4v) is 3.72. The molecule has 1 saturated heterocycles. The molecular formula is C17H17BrN6O. The number of carbonyl (C=O) groups is 1. The van der Waals surface area contributed by atoms with Gasteiger partial charge in [-0.15, -0.1) is 0 Å². The molecule has 1 fully saturated rings. The Kier molecular flexibility index (Phi) is 4.12. The van der Waals surface area contributed by atoms with Crippen LogP contribution >= 0.6 is 15.9 Å². The van der Waals surface area contributed by atoms with Crippen LogP contribution < -0.4 is 10.2 Å². The molecule has 25 heavy (non-hydrogen) atoms. The number of hydrogen-bond acceptors (Lipinski definition) is 5. The zero-order valence-corrected chi connectivity index (χ0v) is 15.3. The molecule has 0 aliphatic carbocycles. The second-order valence-corrected chi connectivity index (χ2v) is 6.76. The van der Waals surface area contributed by atoms with Crippen molar-refractivity contribution >= 4 is 44.4 Å². The van der Waals surface area contributed by atoms with Gasteiger partial charge in [-0.05, 0) is 40.0 Å². The molecule has 4 rings (SSSR count). The van der Waals surface area contributed by atoms with Crippen LogP contribution in [0.1, 0.15) is 18.4 Å². The van der Waals surface area contributed by atoms with Crippen molar-refractivity contribution in [2.45, 2.75) is 19.4 Å². The molecule has 0 spiro atoms. The quantitative estimate of drug-likeness (QED) is 0.728. The Bertz CT molecular complexity index is 953. The van der Waals surface area contributed by atoms with Crippen molar-refractivity contribution in [3.05, 3.63) is 40.8 Å². The van der Waals surface area contributed by atoms with E-state index in [1.807, 2.05) is 36.2 Å².